The van der Waals surface area contributed by atoms with Gasteiger partial charge in [-0.1, -0.05) is 19.8 Å². The molecule has 1 aromatic rings. The fourth-order valence-corrected chi connectivity index (χ4v) is 4.81. The van der Waals surface area contributed by atoms with E-state index in [1.54, 1.807) is 6.07 Å². The van der Waals surface area contributed by atoms with Crippen LogP contribution in [0.1, 0.15) is 50.7 Å². The van der Waals surface area contributed by atoms with Gasteiger partial charge in [0.05, 0.1) is 11.5 Å². The molecule has 5 heteroatoms. The molecule has 0 radical (unpaired) electrons. The van der Waals surface area contributed by atoms with Gasteiger partial charge in [0.2, 0.25) is 10.0 Å². The predicted octanol–water partition coefficient (Wildman–Crippen LogP) is 3.56. The summed E-state index contributed by atoms with van der Waals surface area (Å²) >= 11 is 0. The summed E-state index contributed by atoms with van der Waals surface area (Å²) in [7, 11) is -3.48. The van der Waals surface area contributed by atoms with Crippen LogP contribution >= 0.6 is 0 Å². The molecule has 0 heterocycles. The quantitative estimate of drug-likeness (QED) is 0.900. The van der Waals surface area contributed by atoms with Gasteiger partial charge in [-0.25, -0.2) is 13.1 Å². The number of nitrogens with one attached hydrogen (secondary N) is 1. The van der Waals surface area contributed by atoms with Crippen molar-refractivity contribution in [2.75, 3.05) is 6.61 Å². The number of aryl methyl sites for hydroxylation is 2. The molecule has 1 saturated carbocycles. The van der Waals surface area contributed by atoms with E-state index in [0.29, 0.717) is 17.4 Å². The van der Waals surface area contributed by atoms with E-state index < -0.39 is 10.0 Å². The molecule has 0 aliphatic heterocycles. The second-order valence-corrected chi connectivity index (χ2v) is 7.99. The molecule has 2 rings (SSSR count). The van der Waals surface area contributed by atoms with E-state index in [2.05, 4.69) is 11.6 Å². The standard InChI is InChI=1S/C17H27NO3S/c1-5-21-16-10-14(4)17(11-13(16)3)22(19,20)18-15-9-7-6-8-12(15)2/h10-12,15,18H,5-9H2,1-4H3. The molecule has 4 nitrogen and oxygen atoms in total. The lowest BCUT2D eigenvalue weighted by atomic mass is 9.87. The molecule has 1 aromatic carbocycles. The number of rotatable bonds is 5. The smallest absolute Gasteiger partial charge is 0.241 e. The summed E-state index contributed by atoms with van der Waals surface area (Å²) in [5.74, 6) is 1.15. The summed E-state index contributed by atoms with van der Waals surface area (Å²) < 4.78 is 33.9. The monoisotopic (exact) mass is 325 g/mol. The number of hydrogen-bond donors (Lipinski definition) is 1. The van der Waals surface area contributed by atoms with Gasteiger partial charge in [0, 0.05) is 6.04 Å². The maximum absolute atomic E-state index is 12.7. The molecule has 0 spiro atoms. The normalized spacial score (nSPS) is 22.5. The molecule has 0 aromatic heterocycles. The summed E-state index contributed by atoms with van der Waals surface area (Å²) in [4.78, 5) is 0.367. The fraction of sp³-hybridized carbons (Fsp3) is 0.647. The van der Waals surface area contributed by atoms with Gasteiger partial charge in [-0.05, 0) is 62.8 Å². The Bertz CT molecular complexity index is 625. The average molecular weight is 325 g/mol. The zero-order chi connectivity index (χ0) is 16.3. The highest BCUT2D eigenvalue weighted by molar-refractivity contribution is 7.89. The highest BCUT2D eigenvalue weighted by Gasteiger charge is 2.28. The van der Waals surface area contributed by atoms with Crippen LogP contribution in [0.5, 0.6) is 5.75 Å². The van der Waals surface area contributed by atoms with E-state index in [0.717, 1.165) is 36.1 Å². The summed E-state index contributed by atoms with van der Waals surface area (Å²) in [6.45, 7) is 8.33. The third-order valence-corrected chi connectivity index (χ3v) is 6.11. The van der Waals surface area contributed by atoms with E-state index in [9.17, 15) is 8.42 Å². The average Bonchev–Trinajstić information content (AvgIpc) is 2.45. The first-order chi connectivity index (χ1) is 10.3. The van der Waals surface area contributed by atoms with Crippen LogP contribution in [0.2, 0.25) is 0 Å². The molecule has 2 atom stereocenters. The maximum atomic E-state index is 12.7. The Hall–Kier alpha value is -1.07. The Kier molecular flexibility index (Phi) is 5.50. The van der Waals surface area contributed by atoms with Gasteiger partial charge in [-0.15, -0.1) is 0 Å². The Labute approximate surface area is 134 Å². The van der Waals surface area contributed by atoms with Crippen molar-refractivity contribution in [2.45, 2.75) is 64.3 Å². The van der Waals surface area contributed by atoms with Crippen LogP contribution in [-0.2, 0) is 10.0 Å². The molecule has 124 valence electrons. The highest BCUT2D eigenvalue weighted by Crippen LogP contribution is 2.28. The van der Waals surface area contributed by atoms with E-state index in [4.69, 9.17) is 4.74 Å². The number of hydrogen-bond acceptors (Lipinski definition) is 3. The van der Waals surface area contributed by atoms with Crippen LogP contribution in [0.3, 0.4) is 0 Å². The lowest BCUT2D eigenvalue weighted by Crippen LogP contribution is -2.41. The van der Waals surface area contributed by atoms with Crippen LogP contribution < -0.4 is 9.46 Å². The number of benzene rings is 1. The molecule has 1 fully saturated rings. The molecule has 22 heavy (non-hydrogen) atoms. The Morgan fingerprint density at radius 1 is 1.18 bits per heavy atom. The van der Waals surface area contributed by atoms with Gasteiger partial charge < -0.3 is 4.74 Å². The second-order valence-electron chi connectivity index (χ2n) is 6.31. The molecule has 0 saturated heterocycles. The zero-order valence-corrected chi connectivity index (χ0v) is 14.8. The topological polar surface area (TPSA) is 55.4 Å². The molecule has 2 unspecified atom stereocenters. The highest BCUT2D eigenvalue weighted by atomic mass is 32.2. The van der Waals surface area contributed by atoms with Crippen molar-refractivity contribution in [1.29, 1.82) is 0 Å². The van der Waals surface area contributed by atoms with Crippen molar-refractivity contribution >= 4 is 10.0 Å². The molecule has 0 amide bonds. The van der Waals surface area contributed by atoms with Crippen LogP contribution in [-0.4, -0.2) is 21.1 Å². The van der Waals surface area contributed by atoms with Gasteiger partial charge in [-0.2, -0.15) is 0 Å². The molecule has 1 N–H and O–H groups in total. The van der Waals surface area contributed by atoms with E-state index >= 15 is 0 Å². The number of ether oxygens (including phenoxy) is 1. The Balaban J connectivity index is 2.27. The molecule has 0 bridgehead atoms. The van der Waals surface area contributed by atoms with Gasteiger partial charge >= 0.3 is 0 Å². The lowest BCUT2D eigenvalue weighted by Gasteiger charge is -2.29. The largest absolute Gasteiger partial charge is 0.494 e. The van der Waals surface area contributed by atoms with Crippen LogP contribution in [0.15, 0.2) is 17.0 Å². The summed E-state index contributed by atoms with van der Waals surface area (Å²) in [5.41, 5.74) is 1.58. The van der Waals surface area contributed by atoms with E-state index in [-0.39, 0.29) is 6.04 Å². The minimum Gasteiger partial charge on any atom is -0.494 e. The van der Waals surface area contributed by atoms with E-state index in [1.807, 2.05) is 26.8 Å². The lowest BCUT2D eigenvalue weighted by molar-refractivity contribution is 0.310. The molecule has 1 aliphatic rings. The van der Waals surface area contributed by atoms with Gasteiger partial charge in [0.15, 0.2) is 0 Å². The van der Waals surface area contributed by atoms with Crippen LogP contribution in [0.25, 0.3) is 0 Å². The van der Waals surface area contributed by atoms with Gasteiger partial charge in [-0.3, -0.25) is 0 Å². The first-order valence-corrected chi connectivity index (χ1v) is 9.60. The van der Waals surface area contributed by atoms with Crippen molar-refractivity contribution in [1.82, 2.24) is 4.72 Å². The van der Waals surface area contributed by atoms with Crippen LogP contribution in [0, 0.1) is 19.8 Å². The van der Waals surface area contributed by atoms with Crippen molar-refractivity contribution in [3.05, 3.63) is 23.3 Å². The third-order valence-electron chi connectivity index (χ3n) is 4.48. The van der Waals surface area contributed by atoms with Crippen molar-refractivity contribution in [3.8, 4) is 5.75 Å². The minimum absolute atomic E-state index is 0.0463. The Morgan fingerprint density at radius 3 is 2.50 bits per heavy atom. The van der Waals surface area contributed by atoms with Crippen molar-refractivity contribution in [3.63, 3.8) is 0 Å². The predicted molar refractivity (Wildman–Crippen MR) is 88.8 cm³/mol. The maximum Gasteiger partial charge on any atom is 0.241 e. The summed E-state index contributed by atoms with van der Waals surface area (Å²) in [6.07, 6.45) is 4.31. The summed E-state index contributed by atoms with van der Waals surface area (Å²) in [6, 6.07) is 3.58. The Morgan fingerprint density at radius 2 is 1.86 bits per heavy atom. The number of sulfonamides is 1. The first kappa shape index (κ1) is 17.3. The molecular weight excluding hydrogens is 298 g/mol. The molecule has 1 aliphatic carbocycles. The van der Waals surface area contributed by atoms with Crippen molar-refractivity contribution in [2.24, 2.45) is 5.92 Å². The first-order valence-electron chi connectivity index (χ1n) is 8.11. The summed E-state index contributed by atoms with van der Waals surface area (Å²) in [5, 5.41) is 0. The SMILES string of the molecule is CCOc1cc(C)c(S(=O)(=O)NC2CCCCC2C)cc1C. The van der Waals surface area contributed by atoms with Crippen LogP contribution in [0.4, 0.5) is 0 Å². The van der Waals surface area contributed by atoms with E-state index in [1.165, 1.54) is 6.42 Å². The fourth-order valence-electron chi connectivity index (χ4n) is 3.12. The zero-order valence-electron chi connectivity index (χ0n) is 14.0. The minimum atomic E-state index is -3.48. The molecular formula is C17H27NO3S. The van der Waals surface area contributed by atoms with Gasteiger partial charge in [0.25, 0.3) is 0 Å². The van der Waals surface area contributed by atoms with Gasteiger partial charge in [0.1, 0.15) is 5.75 Å². The second kappa shape index (κ2) is 7.01. The third kappa shape index (κ3) is 3.82. The van der Waals surface area contributed by atoms with Crippen molar-refractivity contribution < 1.29 is 13.2 Å².